The van der Waals surface area contributed by atoms with Gasteiger partial charge in [0.2, 0.25) is 0 Å². The van der Waals surface area contributed by atoms with Crippen LogP contribution in [0, 0.1) is 10.1 Å². The van der Waals surface area contributed by atoms with E-state index in [2.05, 4.69) is 5.32 Å². The van der Waals surface area contributed by atoms with Gasteiger partial charge in [-0.3, -0.25) is 14.9 Å². The van der Waals surface area contributed by atoms with Crippen molar-refractivity contribution >= 4 is 17.2 Å². The molecule has 2 aromatic carbocycles. The van der Waals surface area contributed by atoms with E-state index < -0.39 is 11.0 Å². The number of nitrogens with one attached hydrogen (secondary N) is 1. The Morgan fingerprint density at radius 2 is 1.96 bits per heavy atom. The van der Waals surface area contributed by atoms with Gasteiger partial charge in [0.15, 0.2) is 5.78 Å². The standard InChI is InChI=1S/C17H18N2O5/c1-24-11-14(20)10-18-15-8-7-13(9-16(15)19(22)23)17(21)12-5-3-2-4-6-12/h2-9,14,18,20H,10-11H2,1H3. The average molecular weight is 330 g/mol. The Morgan fingerprint density at radius 3 is 2.58 bits per heavy atom. The smallest absolute Gasteiger partial charge is 0.293 e. The Labute approximate surface area is 139 Å². The minimum absolute atomic E-state index is 0.0979. The molecule has 7 heteroatoms. The van der Waals surface area contributed by atoms with Crippen LogP contribution in [0.1, 0.15) is 15.9 Å². The molecule has 0 radical (unpaired) electrons. The zero-order valence-electron chi connectivity index (χ0n) is 13.1. The van der Waals surface area contributed by atoms with E-state index >= 15 is 0 Å². The predicted molar refractivity (Wildman–Crippen MR) is 89.3 cm³/mol. The zero-order valence-corrected chi connectivity index (χ0v) is 13.1. The van der Waals surface area contributed by atoms with Crippen molar-refractivity contribution in [3.05, 3.63) is 69.8 Å². The second kappa shape index (κ2) is 8.19. The van der Waals surface area contributed by atoms with Crippen LogP contribution in [0.25, 0.3) is 0 Å². The second-order valence-corrected chi connectivity index (χ2v) is 5.17. The number of nitro benzene ring substituents is 1. The fourth-order valence-corrected chi connectivity index (χ4v) is 2.21. The third-order valence-corrected chi connectivity index (χ3v) is 3.38. The predicted octanol–water partition coefficient (Wildman–Crippen LogP) is 2.25. The highest BCUT2D eigenvalue weighted by Gasteiger charge is 2.19. The highest BCUT2D eigenvalue weighted by atomic mass is 16.6. The second-order valence-electron chi connectivity index (χ2n) is 5.17. The third kappa shape index (κ3) is 4.37. The van der Waals surface area contributed by atoms with Crippen LogP contribution >= 0.6 is 0 Å². The number of aliphatic hydroxyl groups excluding tert-OH is 1. The van der Waals surface area contributed by atoms with E-state index in [0.29, 0.717) is 5.56 Å². The highest BCUT2D eigenvalue weighted by Crippen LogP contribution is 2.26. The van der Waals surface area contributed by atoms with E-state index in [1.54, 1.807) is 30.3 Å². The summed E-state index contributed by atoms with van der Waals surface area (Å²) < 4.78 is 4.80. The van der Waals surface area contributed by atoms with Crippen molar-refractivity contribution < 1.29 is 19.6 Å². The number of hydrogen-bond acceptors (Lipinski definition) is 6. The van der Waals surface area contributed by atoms with Gasteiger partial charge in [-0.25, -0.2) is 0 Å². The van der Waals surface area contributed by atoms with Gasteiger partial charge in [-0.15, -0.1) is 0 Å². The number of nitrogens with zero attached hydrogens (tertiary/aromatic N) is 1. The number of methoxy groups -OCH3 is 1. The first-order valence-electron chi connectivity index (χ1n) is 7.32. The van der Waals surface area contributed by atoms with Crippen molar-refractivity contribution in [2.75, 3.05) is 25.6 Å². The normalized spacial score (nSPS) is 11.8. The molecule has 24 heavy (non-hydrogen) atoms. The number of carbonyl (C=O) groups is 1. The molecule has 0 saturated heterocycles. The van der Waals surface area contributed by atoms with Crippen molar-refractivity contribution in [2.45, 2.75) is 6.10 Å². The van der Waals surface area contributed by atoms with Crippen LogP contribution in [-0.4, -0.2) is 42.2 Å². The lowest BCUT2D eigenvalue weighted by Gasteiger charge is -2.12. The number of carbonyl (C=O) groups excluding carboxylic acids is 1. The lowest BCUT2D eigenvalue weighted by atomic mass is 10.0. The van der Waals surface area contributed by atoms with Crippen molar-refractivity contribution in [1.82, 2.24) is 0 Å². The van der Waals surface area contributed by atoms with Gasteiger partial charge in [-0.05, 0) is 12.1 Å². The molecule has 0 aliphatic rings. The summed E-state index contributed by atoms with van der Waals surface area (Å²) in [5, 5.41) is 23.7. The van der Waals surface area contributed by atoms with E-state index in [0.717, 1.165) is 0 Å². The van der Waals surface area contributed by atoms with Gasteiger partial charge in [0.25, 0.3) is 5.69 Å². The molecule has 0 spiro atoms. The maximum absolute atomic E-state index is 12.4. The molecule has 0 aliphatic carbocycles. The molecule has 2 aromatic rings. The number of hydrogen-bond donors (Lipinski definition) is 2. The van der Waals surface area contributed by atoms with E-state index in [9.17, 15) is 20.0 Å². The van der Waals surface area contributed by atoms with E-state index in [1.165, 1.54) is 25.3 Å². The van der Waals surface area contributed by atoms with Gasteiger partial charge in [0, 0.05) is 30.8 Å². The first-order chi connectivity index (χ1) is 11.5. The molecule has 0 fully saturated rings. The number of nitro groups is 1. The minimum Gasteiger partial charge on any atom is -0.389 e. The molecule has 7 nitrogen and oxygen atoms in total. The zero-order chi connectivity index (χ0) is 17.5. The van der Waals surface area contributed by atoms with E-state index in [-0.39, 0.29) is 35.9 Å². The van der Waals surface area contributed by atoms with Gasteiger partial charge in [0.1, 0.15) is 5.69 Å². The molecule has 1 atom stereocenters. The largest absolute Gasteiger partial charge is 0.389 e. The molecule has 0 aromatic heterocycles. The number of ketones is 1. The molecule has 2 N–H and O–H groups in total. The minimum atomic E-state index is -0.791. The maximum Gasteiger partial charge on any atom is 0.293 e. The third-order valence-electron chi connectivity index (χ3n) is 3.38. The SMILES string of the molecule is COCC(O)CNc1ccc(C(=O)c2ccccc2)cc1[N+](=O)[O-]. The van der Waals surface area contributed by atoms with Crippen LogP contribution in [0.15, 0.2) is 48.5 Å². The molecule has 2 rings (SSSR count). The first-order valence-corrected chi connectivity index (χ1v) is 7.32. The summed E-state index contributed by atoms with van der Waals surface area (Å²) in [7, 11) is 1.45. The monoisotopic (exact) mass is 330 g/mol. The number of aliphatic hydroxyl groups is 1. The molecule has 1 unspecified atom stereocenters. The molecular formula is C17H18N2O5. The molecule has 0 bridgehead atoms. The summed E-state index contributed by atoms with van der Waals surface area (Å²) in [5.74, 6) is -0.287. The fourth-order valence-electron chi connectivity index (χ4n) is 2.21. The Kier molecular flexibility index (Phi) is 6.00. The Bertz CT molecular complexity index is 718. The summed E-state index contributed by atoms with van der Waals surface area (Å²) >= 11 is 0. The Balaban J connectivity index is 2.23. The van der Waals surface area contributed by atoms with Gasteiger partial charge in [-0.2, -0.15) is 0 Å². The highest BCUT2D eigenvalue weighted by molar-refractivity contribution is 6.09. The molecular weight excluding hydrogens is 312 g/mol. The van der Waals surface area contributed by atoms with Crippen molar-refractivity contribution in [1.29, 1.82) is 0 Å². The van der Waals surface area contributed by atoms with Crippen molar-refractivity contribution in [3.8, 4) is 0 Å². The van der Waals surface area contributed by atoms with Crippen molar-refractivity contribution in [3.63, 3.8) is 0 Å². The van der Waals surface area contributed by atoms with Gasteiger partial charge < -0.3 is 15.2 Å². The van der Waals surface area contributed by atoms with Crippen LogP contribution in [0.3, 0.4) is 0 Å². The van der Waals surface area contributed by atoms with Crippen LogP contribution in [-0.2, 0) is 4.74 Å². The van der Waals surface area contributed by atoms with Crippen LogP contribution < -0.4 is 5.32 Å². The van der Waals surface area contributed by atoms with Gasteiger partial charge in [-0.1, -0.05) is 30.3 Å². The summed E-state index contributed by atoms with van der Waals surface area (Å²) in [5.41, 5.74) is 0.708. The van der Waals surface area contributed by atoms with E-state index in [1.807, 2.05) is 0 Å². The van der Waals surface area contributed by atoms with Gasteiger partial charge >= 0.3 is 0 Å². The topological polar surface area (TPSA) is 102 Å². The molecule has 0 amide bonds. The van der Waals surface area contributed by atoms with Crippen LogP contribution in [0.2, 0.25) is 0 Å². The number of anilines is 1. The number of ether oxygens (including phenoxy) is 1. The first kappa shape index (κ1) is 17.6. The summed E-state index contributed by atoms with van der Waals surface area (Å²) in [6, 6.07) is 12.8. The lowest BCUT2D eigenvalue weighted by molar-refractivity contribution is -0.384. The Hall–Kier alpha value is -2.77. The molecule has 0 heterocycles. The summed E-state index contributed by atoms with van der Waals surface area (Å²) in [6.45, 7) is 0.214. The Morgan fingerprint density at radius 1 is 1.25 bits per heavy atom. The quantitative estimate of drug-likeness (QED) is 0.437. The molecule has 0 aliphatic heterocycles. The van der Waals surface area contributed by atoms with Gasteiger partial charge in [0.05, 0.1) is 17.6 Å². The van der Waals surface area contributed by atoms with Crippen LogP contribution in [0.5, 0.6) is 0 Å². The summed E-state index contributed by atoms with van der Waals surface area (Å²) in [4.78, 5) is 23.1. The fraction of sp³-hybridized carbons (Fsp3) is 0.235. The number of benzene rings is 2. The average Bonchev–Trinajstić information content (AvgIpc) is 2.60. The van der Waals surface area contributed by atoms with Crippen molar-refractivity contribution in [2.24, 2.45) is 0 Å². The number of rotatable bonds is 8. The lowest BCUT2D eigenvalue weighted by Crippen LogP contribution is -2.24. The molecule has 126 valence electrons. The molecule has 0 saturated carbocycles. The van der Waals surface area contributed by atoms with Crippen LogP contribution in [0.4, 0.5) is 11.4 Å². The maximum atomic E-state index is 12.4. The van der Waals surface area contributed by atoms with E-state index in [4.69, 9.17) is 4.74 Å². The summed E-state index contributed by atoms with van der Waals surface area (Å²) in [6.07, 6.45) is -0.791.